The zero-order valence-electron chi connectivity index (χ0n) is 9.18. The quantitative estimate of drug-likeness (QED) is 0.340. The number of esters is 1. The van der Waals surface area contributed by atoms with Gasteiger partial charge in [-0.15, -0.1) is 0 Å². The van der Waals surface area contributed by atoms with E-state index in [9.17, 15) is 4.79 Å². The minimum absolute atomic E-state index is 0.0454. The minimum atomic E-state index is -0.0454. The van der Waals surface area contributed by atoms with Crippen LogP contribution in [0.15, 0.2) is 0 Å². The Morgan fingerprint density at radius 3 is 2.57 bits per heavy atom. The topological polar surface area (TPSA) is 38.3 Å². The standard InChI is InChI=1S/C10H20INO2/c1-4-9(8(2)3)10(13)14-7-5-6-12-11/h8-9,12H,4-7H2,1-3H3. The molecule has 84 valence electrons. The Bertz CT molecular complexity index is 162. The van der Waals surface area contributed by atoms with Crippen molar-refractivity contribution in [1.29, 1.82) is 0 Å². The summed E-state index contributed by atoms with van der Waals surface area (Å²) in [5, 5.41) is 0. The second-order valence-corrected chi connectivity index (χ2v) is 4.43. The van der Waals surface area contributed by atoms with Crippen LogP contribution in [-0.2, 0) is 9.53 Å². The van der Waals surface area contributed by atoms with Gasteiger partial charge in [-0.1, -0.05) is 20.8 Å². The lowest BCUT2D eigenvalue weighted by Gasteiger charge is -2.17. The van der Waals surface area contributed by atoms with Crippen molar-refractivity contribution in [1.82, 2.24) is 3.53 Å². The molecule has 1 unspecified atom stereocenters. The van der Waals surface area contributed by atoms with Gasteiger partial charge < -0.3 is 4.74 Å². The van der Waals surface area contributed by atoms with Gasteiger partial charge in [0.15, 0.2) is 0 Å². The molecular weight excluding hydrogens is 293 g/mol. The Morgan fingerprint density at radius 1 is 1.50 bits per heavy atom. The monoisotopic (exact) mass is 313 g/mol. The number of halogens is 1. The first-order valence-corrected chi connectivity index (χ1v) is 6.21. The molecule has 1 N–H and O–H groups in total. The van der Waals surface area contributed by atoms with Gasteiger partial charge in [0.2, 0.25) is 0 Å². The lowest BCUT2D eigenvalue weighted by atomic mass is 9.93. The van der Waals surface area contributed by atoms with Gasteiger partial charge in [0.1, 0.15) is 0 Å². The van der Waals surface area contributed by atoms with Gasteiger partial charge in [-0.3, -0.25) is 8.32 Å². The summed E-state index contributed by atoms with van der Waals surface area (Å²) < 4.78 is 8.16. The van der Waals surface area contributed by atoms with Crippen molar-refractivity contribution in [2.45, 2.75) is 33.6 Å². The van der Waals surface area contributed by atoms with Gasteiger partial charge in [0.05, 0.1) is 12.5 Å². The van der Waals surface area contributed by atoms with Crippen LogP contribution in [0.4, 0.5) is 0 Å². The fourth-order valence-electron chi connectivity index (χ4n) is 1.33. The van der Waals surface area contributed by atoms with Gasteiger partial charge >= 0.3 is 5.97 Å². The van der Waals surface area contributed by atoms with Gasteiger partial charge in [-0.25, -0.2) is 0 Å². The lowest BCUT2D eigenvalue weighted by molar-refractivity contribution is -0.150. The fraction of sp³-hybridized carbons (Fsp3) is 0.900. The van der Waals surface area contributed by atoms with E-state index >= 15 is 0 Å². The third-order valence-electron chi connectivity index (χ3n) is 2.21. The Kier molecular flexibility index (Phi) is 8.56. The maximum atomic E-state index is 11.5. The molecule has 0 aliphatic rings. The molecule has 0 saturated heterocycles. The van der Waals surface area contributed by atoms with Crippen LogP contribution in [0.5, 0.6) is 0 Å². The van der Waals surface area contributed by atoms with Crippen LogP contribution in [0.3, 0.4) is 0 Å². The number of carbonyl (C=O) groups is 1. The van der Waals surface area contributed by atoms with Gasteiger partial charge in [0.25, 0.3) is 0 Å². The summed E-state index contributed by atoms with van der Waals surface area (Å²) in [5.74, 6) is 0.383. The van der Waals surface area contributed by atoms with E-state index in [1.807, 2.05) is 6.92 Å². The number of hydrogen-bond donors (Lipinski definition) is 1. The van der Waals surface area contributed by atoms with Crippen LogP contribution in [0.2, 0.25) is 0 Å². The molecule has 0 aliphatic heterocycles. The van der Waals surface area contributed by atoms with Crippen molar-refractivity contribution in [3.8, 4) is 0 Å². The number of carbonyl (C=O) groups excluding carboxylic acids is 1. The van der Waals surface area contributed by atoms with Crippen LogP contribution in [0.25, 0.3) is 0 Å². The van der Waals surface area contributed by atoms with E-state index in [4.69, 9.17) is 4.74 Å². The summed E-state index contributed by atoms with van der Waals surface area (Å²) in [6.07, 6.45) is 1.74. The Morgan fingerprint density at radius 2 is 2.14 bits per heavy atom. The molecule has 0 heterocycles. The van der Waals surface area contributed by atoms with Crippen LogP contribution < -0.4 is 3.53 Å². The predicted molar refractivity (Wildman–Crippen MR) is 66.2 cm³/mol. The molecule has 14 heavy (non-hydrogen) atoms. The first-order valence-electron chi connectivity index (χ1n) is 5.13. The maximum absolute atomic E-state index is 11.5. The van der Waals surface area contributed by atoms with E-state index < -0.39 is 0 Å². The molecule has 3 nitrogen and oxygen atoms in total. The highest BCUT2D eigenvalue weighted by molar-refractivity contribution is 14.1. The molecule has 0 spiro atoms. The van der Waals surface area contributed by atoms with Crippen molar-refractivity contribution >= 4 is 28.8 Å². The summed E-state index contributed by atoms with van der Waals surface area (Å²) >= 11 is 2.09. The predicted octanol–water partition coefficient (Wildman–Crippen LogP) is 2.54. The van der Waals surface area contributed by atoms with E-state index in [-0.39, 0.29) is 11.9 Å². The molecule has 4 heteroatoms. The molecule has 0 rings (SSSR count). The van der Waals surface area contributed by atoms with Crippen LogP contribution in [0.1, 0.15) is 33.6 Å². The van der Waals surface area contributed by atoms with E-state index in [0.29, 0.717) is 12.5 Å². The van der Waals surface area contributed by atoms with Crippen molar-refractivity contribution in [2.75, 3.05) is 13.2 Å². The van der Waals surface area contributed by atoms with Crippen molar-refractivity contribution in [3.05, 3.63) is 0 Å². The second kappa shape index (κ2) is 8.47. The van der Waals surface area contributed by atoms with E-state index in [1.165, 1.54) is 0 Å². The summed E-state index contributed by atoms with van der Waals surface area (Å²) in [4.78, 5) is 11.5. The Labute approximate surface area is 100 Å². The number of nitrogens with one attached hydrogen (secondary N) is 1. The van der Waals surface area contributed by atoms with Gasteiger partial charge in [-0.2, -0.15) is 0 Å². The summed E-state index contributed by atoms with van der Waals surface area (Å²) in [7, 11) is 0. The molecule has 0 saturated carbocycles. The highest BCUT2D eigenvalue weighted by Gasteiger charge is 2.21. The summed E-state index contributed by atoms with van der Waals surface area (Å²) in [6, 6.07) is 0. The number of ether oxygens (including phenoxy) is 1. The highest BCUT2D eigenvalue weighted by atomic mass is 127. The normalized spacial score (nSPS) is 12.9. The van der Waals surface area contributed by atoms with Crippen molar-refractivity contribution in [2.24, 2.45) is 11.8 Å². The van der Waals surface area contributed by atoms with Crippen LogP contribution in [-0.4, -0.2) is 19.1 Å². The number of hydrogen-bond acceptors (Lipinski definition) is 3. The molecular formula is C10H20INO2. The van der Waals surface area contributed by atoms with Crippen LogP contribution in [0, 0.1) is 11.8 Å². The molecule has 1 atom stereocenters. The number of rotatable bonds is 7. The van der Waals surface area contributed by atoms with Crippen LogP contribution >= 0.6 is 22.9 Å². The average Bonchev–Trinajstić information content (AvgIpc) is 2.13. The molecule has 0 aromatic heterocycles. The Hall–Kier alpha value is 0.160. The van der Waals surface area contributed by atoms with E-state index in [2.05, 4.69) is 40.2 Å². The summed E-state index contributed by atoms with van der Waals surface area (Å²) in [6.45, 7) is 7.55. The molecule has 0 amide bonds. The lowest BCUT2D eigenvalue weighted by Crippen LogP contribution is -2.23. The van der Waals surface area contributed by atoms with E-state index in [0.717, 1.165) is 19.4 Å². The molecule has 0 aliphatic carbocycles. The largest absolute Gasteiger partial charge is 0.465 e. The smallest absolute Gasteiger partial charge is 0.309 e. The highest BCUT2D eigenvalue weighted by Crippen LogP contribution is 2.16. The third kappa shape index (κ3) is 5.80. The zero-order chi connectivity index (χ0) is 11.0. The zero-order valence-corrected chi connectivity index (χ0v) is 11.3. The third-order valence-corrected chi connectivity index (χ3v) is 2.75. The SMILES string of the molecule is CCC(C(=O)OCCCNI)C(C)C. The molecule has 0 aromatic carbocycles. The maximum Gasteiger partial charge on any atom is 0.309 e. The first kappa shape index (κ1) is 14.2. The van der Waals surface area contributed by atoms with Gasteiger partial charge in [-0.05, 0) is 18.8 Å². The summed E-state index contributed by atoms with van der Waals surface area (Å²) in [5.41, 5.74) is 0. The Balaban J connectivity index is 3.70. The van der Waals surface area contributed by atoms with Crippen molar-refractivity contribution < 1.29 is 9.53 Å². The second-order valence-electron chi connectivity index (χ2n) is 3.66. The molecule has 0 aromatic rings. The van der Waals surface area contributed by atoms with Gasteiger partial charge in [0, 0.05) is 29.4 Å². The van der Waals surface area contributed by atoms with E-state index in [1.54, 1.807) is 0 Å². The minimum Gasteiger partial charge on any atom is -0.465 e. The molecule has 0 fully saturated rings. The average molecular weight is 313 g/mol. The first-order chi connectivity index (χ1) is 6.63. The fourth-order valence-corrected chi connectivity index (χ4v) is 1.71. The van der Waals surface area contributed by atoms with Crippen molar-refractivity contribution in [3.63, 3.8) is 0 Å². The molecule has 0 radical (unpaired) electrons. The molecule has 0 bridgehead atoms.